The number of hydrogen-bond acceptors (Lipinski definition) is 4. The molecule has 0 bridgehead atoms. The molecule has 0 amide bonds. The number of likely N-dealkylation sites (N-methyl/N-ethyl adjacent to an activating group) is 2. The van der Waals surface area contributed by atoms with Gasteiger partial charge >= 0.3 is 37.9 Å². The summed E-state index contributed by atoms with van der Waals surface area (Å²) in [7, 11) is 17.4. The molecule has 92 valence electrons. The molecule has 0 rings (SSSR count). The van der Waals surface area contributed by atoms with E-state index in [1.54, 1.807) is 0 Å². The van der Waals surface area contributed by atoms with E-state index in [1.807, 2.05) is 38.0 Å². The zero-order valence-electron chi connectivity index (χ0n) is 9.80. The molecule has 0 heterocycles. The summed E-state index contributed by atoms with van der Waals surface area (Å²) in [6.07, 6.45) is 0. The third-order valence-electron chi connectivity index (χ3n) is 1.08. The summed E-state index contributed by atoms with van der Waals surface area (Å²) in [5, 5.41) is 19.4. The zero-order chi connectivity index (χ0) is 12.7. The molecule has 0 aliphatic heterocycles. The molecule has 0 aromatic carbocycles. The van der Waals surface area contributed by atoms with Crippen LogP contribution in [-0.2, 0) is 20.8 Å². The van der Waals surface area contributed by atoms with Crippen molar-refractivity contribution in [1.82, 2.24) is 9.80 Å². The fourth-order valence-electron chi connectivity index (χ4n) is 0.365. The van der Waals surface area contributed by atoms with Gasteiger partial charge in [-0.1, -0.05) is 0 Å². The number of hydrogen-bond donors (Lipinski definition) is 0. The maximum atomic E-state index is 9.70. The Labute approximate surface area is 112 Å². The van der Waals surface area contributed by atoms with Crippen LogP contribution in [0.3, 0.4) is 0 Å². The van der Waals surface area contributed by atoms with Crippen LogP contribution in [0.2, 0.25) is 0 Å². The van der Waals surface area contributed by atoms with Crippen molar-refractivity contribution < 1.29 is 31.1 Å². The predicted molar refractivity (Wildman–Crippen MR) is 58.5 cm³/mol. The summed E-state index contributed by atoms with van der Waals surface area (Å²) >= 11 is -0.826. The van der Waals surface area contributed by atoms with E-state index in [4.69, 9.17) is 17.0 Å². The summed E-state index contributed by atoms with van der Waals surface area (Å²) in [5.41, 5.74) is 0. The van der Waals surface area contributed by atoms with Gasteiger partial charge in [-0.25, -0.2) is 0 Å². The molecule has 4 nitrogen and oxygen atoms in total. The molecular formula is C8H20Cl2N2O2Zr. The molecule has 0 N–H and O–H groups in total. The third kappa shape index (κ3) is 50.8. The fraction of sp³-hybridized carbons (Fsp3) is 1.00. The molecule has 15 heavy (non-hydrogen) atoms. The first kappa shape index (κ1) is 21.6. The maximum absolute atomic E-state index is 9.70. The van der Waals surface area contributed by atoms with Gasteiger partial charge in [-0.05, 0) is 41.3 Å². The second-order valence-electron chi connectivity index (χ2n) is 3.09. The molecule has 0 aliphatic rings. The molecule has 0 radical (unpaired) electrons. The second kappa shape index (κ2) is 20.7. The first-order valence-electron chi connectivity index (χ1n) is 4.38. The molecule has 0 aromatic rings. The Morgan fingerprint density at radius 1 is 0.867 bits per heavy atom. The topological polar surface area (TPSA) is 52.6 Å². The Bertz CT molecular complexity index is 90.7. The molecule has 0 unspecified atom stereocenters. The van der Waals surface area contributed by atoms with Crippen molar-refractivity contribution in [3.05, 3.63) is 0 Å². The van der Waals surface area contributed by atoms with Gasteiger partial charge in [-0.3, -0.25) is 0 Å². The van der Waals surface area contributed by atoms with Gasteiger partial charge in [-0.15, -0.1) is 13.2 Å². The summed E-state index contributed by atoms with van der Waals surface area (Å²) in [4.78, 5) is 3.74. The average Bonchev–Trinajstić information content (AvgIpc) is 2.05. The van der Waals surface area contributed by atoms with E-state index in [0.29, 0.717) is 13.1 Å². The van der Waals surface area contributed by atoms with Crippen LogP contribution >= 0.6 is 17.0 Å². The van der Waals surface area contributed by atoms with Crippen molar-refractivity contribution in [2.45, 2.75) is 0 Å². The quantitative estimate of drug-likeness (QED) is 0.673. The van der Waals surface area contributed by atoms with Crippen LogP contribution in [0.5, 0.6) is 0 Å². The standard InChI is InChI=1S/2C4H10NO.2ClH.Zr/c2*1-5(2)3-4-6;;;/h2*3-4H2,1-2H3;2*1H;/q2*-1;;;+4/p-2. The van der Waals surface area contributed by atoms with Gasteiger partial charge in [-0.2, -0.15) is 0 Å². The Morgan fingerprint density at radius 3 is 1.07 bits per heavy atom. The van der Waals surface area contributed by atoms with Crippen molar-refractivity contribution >= 4 is 17.0 Å². The van der Waals surface area contributed by atoms with E-state index in [0.717, 1.165) is 0 Å². The Hall–Kier alpha value is 1.30. The SMILES string of the molecule is CN(C)CC[O-].CN(C)CC[O-].[Cl][Zr+2][Cl]. The molecule has 0 aromatic heterocycles. The first-order valence-corrected chi connectivity index (χ1v) is 10.7. The molecule has 0 spiro atoms. The molecule has 0 saturated heterocycles. The van der Waals surface area contributed by atoms with Gasteiger partial charge in [0.1, 0.15) is 0 Å². The fourth-order valence-corrected chi connectivity index (χ4v) is 0.365. The average molecular weight is 338 g/mol. The van der Waals surface area contributed by atoms with Crippen LogP contribution in [-0.4, -0.2) is 64.3 Å². The number of nitrogens with zero attached hydrogens (tertiary/aromatic N) is 2. The summed E-state index contributed by atoms with van der Waals surface area (Å²) in [5.74, 6) is 0. The van der Waals surface area contributed by atoms with Crippen molar-refractivity contribution in [2.24, 2.45) is 0 Å². The minimum atomic E-state index is -0.826. The van der Waals surface area contributed by atoms with Gasteiger partial charge in [0.05, 0.1) is 0 Å². The van der Waals surface area contributed by atoms with Crippen molar-refractivity contribution in [2.75, 3.05) is 54.5 Å². The van der Waals surface area contributed by atoms with E-state index < -0.39 is 20.8 Å². The van der Waals surface area contributed by atoms with E-state index in [9.17, 15) is 10.2 Å². The van der Waals surface area contributed by atoms with Gasteiger partial charge < -0.3 is 20.0 Å². The number of halogens is 2. The van der Waals surface area contributed by atoms with E-state index >= 15 is 0 Å². The van der Waals surface area contributed by atoms with E-state index in [-0.39, 0.29) is 13.2 Å². The molecule has 0 saturated carbocycles. The molecule has 7 heteroatoms. The van der Waals surface area contributed by atoms with Crippen LogP contribution in [0.4, 0.5) is 0 Å². The molecule has 0 aliphatic carbocycles. The van der Waals surface area contributed by atoms with Crippen LogP contribution < -0.4 is 10.2 Å². The van der Waals surface area contributed by atoms with Crippen molar-refractivity contribution in [1.29, 1.82) is 0 Å². The van der Waals surface area contributed by atoms with E-state index in [2.05, 4.69) is 0 Å². The summed E-state index contributed by atoms with van der Waals surface area (Å²) in [6.45, 7) is 1.32. The summed E-state index contributed by atoms with van der Waals surface area (Å²) < 4.78 is 0. The molecule has 0 atom stereocenters. The monoisotopic (exact) mass is 336 g/mol. The number of rotatable bonds is 4. The van der Waals surface area contributed by atoms with Gasteiger partial charge in [0.25, 0.3) is 0 Å². The second-order valence-corrected chi connectivity index (χ2v) is 6.82. The normalized spacial score (nSPS) is 8.67. The van der Waals surface area contributed by atoms with Crippen molar-refractivity contribution in [3.63, 3.8) is 0 Å². The zero-order valence-corrected chi connectivity index (χ0v) is 13.8. The van der Waals surface area contributed by atoms with Gasteiger partial charge in [0.15, 0.2) is 0 Å². The van der Waals surface area contributed by atoms with Crippen LogP contribution in [0, 0.1) is 0 Å². The first-order chi connectivity index (χ1) is 6.95. The van der Waals surface area contributed by atoms with Crippen LogP contribution in [0.1, 0.15) is 0 Å². The third-order valence-corrected chi connectivity index (χ3v) is 1.08. The Kier molecular flexibility index (Phi) is 29.7. The summed E-state index contributed by atoms with van der Waals surface area (Å²) in [6, 6.07) is 0. The Balaban J connectivity index is -0.000000153. The molecule has 0 fully saturated rings. The Morgan fingerprint density at radius 2 is 1.07 bits per heavy atom. The van der Waals surface area contributed by atoms with E-state index in [1.165, 1.54) is 0 Å². The molecular weight excluding hydrogens is 318 g/mol. The predicted octanol–water partition coefficient (Wildman–Crippen LogP) is -0.807. The van der Waals surface area contributed by atoms with Crippen LogP contribution in [0.25, 0.3) is 0 Å². The minimum absolute atomic E-state index is 0.00694. The van der Waals surface area contributed by atoms with Crippen molar-refractivity contribution in [3.8, 4) is 0 Å². The van der Waals surface area contributed by atoms with Gasteiger partial charge in [0, 0.05) is 0 Å². The van der Waals surface area contributed by atoms with Crippen LogP contribution in [0.15, 0.2) is 0 Å². The van der Waals surface area contributed by atoms with Gasteiger partial charge in [0.2, 0.25) is 0 Å².